The summed E-state index contributed by atoms with van der Waals surface area (Å²) in [7, 11) is 3.25. The summed E-state index contributed by atoms with van der Waals surface area (Å²) in [5.74, 6) is 0.869. The van der Waals surface area contributed by atoms with Crippen molar-refractivity contribution in [2.24, 2.45) is 7.05 Å². The van der Waals surface area contributed by atoms with Gasteiger partial charge in [0.2, 0.25) is 5.88 Å². The molecule has 1 aromatic heterocycles. The number of rotatable bonds is 7. The van der Waals surface area contributed by atoms with Crippen molar-refractivity contribution >= 4 is 5.91 Å². The standard InChI is InChI=1S/C22H25N3O3/c1-15(23-21(26)20-14-25(3)24-22(20)27-4)17-10-12-19(13-11-17)28-16(2)18-8-6-5-7-9-18/h5-16H,1-4H3,(H,23,26). The Morgan fingerprint density at radius 2 is 1.71 bits per heavy atom. The van der Waals surface area contributed by atoms with Crippen molar-refractivity contribution in [1.82, 2.24) is 15.1 Å². The normalized spacial score (nSPS) is 12.9. The molecule has 3 rings (SSSR count). The average molecular weight is 379 g/mol. The number of nitrogens with one attached hydrogen (secondary N) is 1. The highest BCUT2D eigenvalue weighted by atomic mass is 16.5. The minimum absolute atomic E-state index is 0.0396. The second-order valence-corrected chi connectivity index (χ2v) is 6.66. The second-order valence-electron chi connectivity index (χ2n) is 6.66. The lowest BCUT2D eigenvalue weighted by Crippen LogP contribution is -2.26. The smallest absolute Gasteiger partial charge is 0.258 e. The van der Waals surface area contributed by atoms with E-state index in [1.54, 1.807) is 17.9 Å². The molecule has 1 N–H and O–H groups in total. The lowest BCUT2D eigenvalue weighted by atomic mass is 10.1. The largest absolute Gasteiger partial charge is 0.486 e. The van der Waals surface area contributed by atoms with Crippen molar-refractivity contribution in [2.45, 2.75) is 26.0 Å². The van der Waals surface area contributed by atoms with Crippen LogP contribution in [0.1, 0.15) is 47.5 Å². The van der Waals surface area contributed by atoms with Crippen LogP contribution < -0.4 is 14.8 Å². The van der Waals surface area contributed by atoms with E-state index in [1.165, 1.54) is 7.11 Å². The molecule has 0 aliphatic rings. The Morgan fingerprint density at radius 3 is 2.36 bits per heavy atom. The molecule has 0 saturated carbocycles. The summed E-state index contributed by atoms with van der Waals surface area (Å²) >= 11 is 0. The summed E-state index contributed by atoms with van der Waals surface area (Å²) in [5, 5.41) is 7.08. The molecule has 0 saturated heterocycles. The van der Waals surface area contributed by atoms with Crippen LogP contribution in [0.2, 0.25) is 0 Å². The first kappa shape index (κ1) is 19.5. The first-order valence-corrected chi connectivity index (χ1v) is 9.18. The molecule has 3 aromatic rings. The van der Waals surface area contributed by atoms with Crippen LogP contribution in [0.4, 0.5) is 0 Å². The van der Waals surface area contributed by atoms with E-state index in [1.807, 2.05) is 68.4 Å². The predicted molar refractivity (Wildman–Crippen MR) is 108 cm³/mol. The summed E-state index contributed by atoms with van der Waals surface area (Å²) in [6.45, 7) is 3.95. The Hall–Kier alpha value is -3.28. The van der Waals surface area contributed by atoms with Crippen LogP contribution in [0.25, 0.3) is 0 Å². The fraction of sp³-hybridized carbons (Fsp3) is 0.273. The summed E-state index contributed by atoms with van der Waals surface area (Å²) < 4.78 is 12.7. The van der Waals surface area contributed by atoms with Crippen LogP contribution in [0.3, 0.4) is 0 Å². The third-order valence-electron chi connectivity index (χ3n) is 4.54. The number of carbonyl (C=O) groups is 1. The summed E-state index contributed by atoms with van der Waals surface area (Å²) in [6, 6.07) is 17.7. The van der Waals surface area contributed by atoms with Gasteiger partial charge in [-0.15, -0.1) is 5.10 Å². The molecule has 6 nitrogen and oxygen atoms in total. The SMILES string of the molecule is COc1nn(C)cc1C(=O)NC(C)c1ccc(OC(C)c2ccccc2)cc1. The Labute approximate surface area is 165 Å². The maximum Gasteiger partial charge on any atom is 0.258 e. The van der Waals surface area contributed by atoms with E-state index in [4.69, 9.17) is 9.47 Å². The molecule has 1 amide bonds. The Balaban J connectivity index is 1.63. The summed E-state index contributed by atoms with van der Waals surface area (Å²) in [6.07, 6.45) is 1.60. The molecule has 0 bridgehead atoms. The molecule has 6 heteroatoms. The fourth-order valence-corrected chi connectivity index (χ4v) is 2.96. The van der Waals surface area contributed by atoms with Crippen LogP contribution in [-0.4, -0.2) is 22.8 Å². The number of hydrogen-bond acceptors (Lipinski definition) is 4. The Kier molecular flexibility index (Phi) is 5.99. The predicted octanol–water partition coefficient (Wildman–Crippen LogP) is 4.06. The number of hydrogen-bond donors (Lipinski definition) is 1. The summed E-state index contributed by atoms with van der Waals surface area (Å²) in [4.78, 5) is 12.5. The molecule has 2 aromatic carbocycles. The Bertz CT molecular complexity index is 920. The van der Waals surface area contributed by atoms with Gasteiger partial charge in [-0.1, -0.05) is 42.5 Å². The molecular weight excluding hydrogens is 354 g/mol. The molecule has 0 aliphatic heterocycles. The number of amides is 1. The first-order chi connectivity index (χ1) is 13.5. The van der Waals surface area contributed by atoms with Crippen molar-refractivity contribution in [3.8, 4) is 11.6 Å². The van der Waals surface area contributed by atoms with Crippen molar-refractivity contribution in [3.63, 3.8) is 0 Å². The zero-order valence-electron chi connectivity index (χ0n) is 16.5. The maximum absolute atomic E-state index is 12.5. The van der Waals surface area contributed by atoms with E-state index in [2.05, 4.69) is 10.4 Å². The van der Waals surface area contributed by atoms with E-state index >= 15 is 0 Å². The highest BCUT2D eigenvalue weighted by molar-refractivity contribution is 5.96. The first-order valence-electron chi connectivity index (χ1n) is 9.18. The molecule has 28 heavy (non-hydrogen) atoms. The number of carbonyl (C=O) groups excluding carboxylic acids is 1. The van der Waals surface area contributed by atoms with Crippen LogP contribution in [-0.2, 0) is 7.05 Å². The summed E-state index contributed by atoms with van der Waals surface area (Å²) in [5.41, 5.74) is 2.52. The molecule has 2 atom stereocenters. The van der Waals surface area contributed by atoms with Gasteiger partial charge in [0.25, 0.3) is 5.91 Å². The van der Waals surface area contributed by atoms with Crippen LogP contribution in [0.5, 0.6) is 11.6 Å². The van der Waals surface area contributed by atoms with Gasteiger partial charge in [0.05, 0.1) is 13.2 Å². The van der Waals surface area contributed by atoms with Gasteiger partial charge < -0.3 is 14.8 Å². The molecule has 2 unspecified atom stereocenters. The van der Waals surface area contributed by atoms with Crippen LogP contribution in [0.15, 0.2) is 60.8 Å². The average Bonchev–Trinajstić information content (AvgIpc) is 3.10. The van der Waals surface area contributed by atoms with Crippen molar-refractivity contribution in [3.05, 3.63) is 77.5 Å². The van der Waals surface area contributed by atoms with Crippen molar-refractivity contribution in [2.75, 3.05) is 7.11 Å². The van der Waals surface area contributed by atoms with Gasteiger partial charge in [-0.2, -0.15) is 0 Å². The topological polar surface area (TPSA) is 65.4 Å². The third-order valence-corrected chi connectivity index (χ3v) is 4.54. The second kappa shape index (κ2) is 8.61. The van der Waals surface area contributed by atoms with Gasteiger partial charge in [0.15, 0.2) is 0 Å². The zero-order chi connectivity index (χ0) is 20.1. The number of aromatic nitrogens is 2. The number of methoxy groups -OCH3 is 1. The highest BCUT2D eigenvalue weighted by Crippen LogP contribution is 2.24. The monoisotopic (exact) mass is 379 g/mol. The molecular formula is C22H25N3O3. The quantitative estimate of drug-likeness (QED) is 0.672. The Morgan fingerprint density at radius 1 is 1.04 bits per heavy atom. The van der Waals surface area contributed by atoms with Gasteiger partial charge in [-0.25, -0.2) is 0 Å². The van der Waals surface area contributed by atoms with Gasteiger partial charge in [0.1, 0.15) is 17.4 Å². The number of nitrogens with zero attached hydrogens (tertiary/aromatic N) is 2. The maximum atomic E-state index is 12.5. The van der Waals surface area contributed by atoms with Crippen LogP contribution in [0, 0.1) is 0 Å². The van der Waals surface area contributed by atoms with E-state index in [9.17, 15) is 4.79 Å². The van der Waals surface area contributed by atoms with Gasteiger partial charge >= 0.3 is 0 Å². The van der Waals surface area contributed by atoms with E-state index in [0.29, 0.717) is 11.4 Å². The zero-order valence-corrected chi connectivity index (χ0v) is 16.5. The van der Waals surface area contributed by atoms with Crippen molar-refractivity contribution in [1.29, 1.82) is 0 Å². The number of benzene rings is 2. The van der Waals surface area contributed by atoms with Crippen molar-refractivity contribution < 1.29 is 14.3 Å². The van der Waals surface area contributed by atoms with Crippen LogP contribution >= 0.6 is 0 Å². The van der Waals surface area contributed by atoms with Gasteiger partial charge in [0, 0.05) is 13.2 Å². The molecule has 0 fully saturated rings. The minimum atomic E-state index is -0.226. The molecule has 0 aliphatic carbocycles. The number of aryl methyl sites for hydroxylation is 1. The van der Waals surface area contributed by atoms with E-state index < -0.39 is 0 Å². The molecule has 0 spiro atoms. The van der Waals surface area contributed by atoms with E-state index in [-0.39, 0.29) is 18.1 Å². The van der Waals surface area contributed by atoms with Gasteiger partial charge in [-0.05, 0) is 37.1 Å². The number of ether oxygens (including phenoxy) is 2. The third kappa shape index (κ3) is 4.52. The molecule has 0 radical (unpaired) electrons. The van der Waals surface area contributed by atoms with E-state index in [0.717, 1.165) is 16.9 Å². The lowest BCUT2D eigenvalue weighted by molar-refractivity contribution is 0.0937. The molecule has 1 heterocycles. The highest BCUT2D eigenvalue weighted by Gasteiger charge is 2.19. The lowest BCUT2D eigenvalue weighted by Gasteiger charge is -2.17. The molecule has 146 valence electrons. The van der Waals surface area contributed by atoms with Gasteiger partial charge in [-0.3, -0.25) is 9.48 Å². The fourth-order valence-electron chi connectivity index (χ4n) is 2.96. The minimum Gasteiger partial charge on any atom is -0.486 e.